The maximum Gasteiger partial charge on any atom is 0.321 e. The minimum Gasteiger partial charge on any atom is -0.338 e. The summed E-state index contributed by atoms with van der Waals surface area (Å²) in [6.45, 7) is 4.95. The van der Waals surface area contributed by atoms with E-state index in [0.29, 0.717) is 13.1 Å². The molecule has 2 fully saturated rings. The number of fused-ring (bicyclic) bond motifs is 1. The third-order valence-electron chi connectivity index (χ3n) is 4.53. The SMILES string of the molecule is CCCNC(=O)NC(=O)CN1CC[C@@H]2CCCC[C@@H]2C1. The molecular formula is C15H27N3O2. The average molecular weight is 281 g/mol. The van der Waals surface area contributed by atoms with Crippen molar-refractivity contribution in [3.8, 4) is 0 Å². The number of rotatable bonds is 4. The first-order valence-corrected chi connectivity index (χ1v) is 7.99. The maximum atomic E-state index is 11.8. The molecule has 0 radical (unpaired) electrons. The van der Waals surface area contributed by atoms with Crippen LogP contribution in [0.2, 0.25) is 0 Å². The number of nitrogens with one attached hydrogen (secondary N) is 2. The predicted molar refractivity (Wildman–Crippen MR) is 78.3 cm³/mol. The molecule has 0 aromatic carbocycles. The van der Waals surface area contributed by atoms with Crippen LogP contribution in [0, 0.1) is 11.8 Å². The molecule has 1 saturated heterocycles. The number of nitrogens with zero attached hydrogens (tertiary/aromatic N) is 1. The Morgan fingerprint density at radius 3 is 2.65 bits per heavy atom. The number of amides is 3. The molecule has 3 amide bonds. The zero-order valence-electron chi connectivity index (χ0n) is 12.5. The Balaban J connectivity index is 1.70. The van der Waals surface area contributed by atoms with Gasteiger partial charge < -0.3 is 5.32 Å². The fraction of sp³-hybridized carbons (Fsp3) is 0.867. The topological polar surface area (TPSA) is 61.4 Å². The third-order valence-corrected chi connectivity index (χ3v) is 4.53. The van der Waals surface area contributed by atoms with Gasteiger partial charge in [0, 0.05) is 13.1 Å². The standard InChI is InChI=1S/C15H27N3O2/c1-2-8-16-15(20)17-14(19)11-18-9-7-12-5-3-4-6-13(12)10-18/h12-13H,2-11H2,1H3,(H2,16,17,19,20)/t12-,13+/m0/s1. The lowest BCUT2D eigenvalue weighted by Crippen LogP contribution is -2.48. The highest BCUT2D eigenvalue weighted by Gasteiger charge is 2.31. The summed E-state index contributed by atoms with van der Waals surface area (Å²) in [6.07, 6.45) is 7.46. The molecule has 1 aliphatic carbocycles. The van der Waals surface area contributed by atoms with Gasteiger partial charge in [-0.3, -0.25) is 15.0 Å². The molecule has 5 heteroatoms. The summed E-state index contributed by atoms with van der Waals surface area (Å²) in [4.78, 5) is 25.5. The number of imide groups is 1. The molecule has 0 bridgehead atoms. The van der Waals surface area contributed by atoms with E-state index in [-0.39, 0.29) is 11.9 Å². The Morgan fingerprint density at radius 2 is 1.90 bits per heavy atom. The highest BCUT2D eigenvalue weighted by Crippen LogP contribution is 2.35. The zero-order valence-corrected chi connectivity index (χ0v) is 12.5. The molecule has 2 atom stereocenters. The lowest BCUT2D eigenvalue weighted by molar-refractivity contribution is -0.121. The Kier molecular flexibility index (Phi) is 5.83. The van der Waals surface area contributed by atoms with Gasteiger partial charge in [-0.25, -0.2) is 4.79 Å². The summed E-state index contributed by atoms with van der Waals surface area (Å²) in [5, 5.41) is 5.06. The molecule has 2 aliphatic rings. The number of hydrogen-bond acceptors (Lipinski definition) is 3. The molecule has 5 nitrogen and oxygen atoms in total. The van der Waals surface area contributed by atoms with E-state index in [9.17, 15) is 9.59 Å². The molecule has 20 heavy (non-hydrogen) atoms. The highest BCUT2D eigenvalue weighted by molar-refractivity contribution is 5.95. The van der Waals surface area contributed by atoms with Gasteiger partial charge >= 0.3 is 6.03 Å². The maximum absolute atomic E-state index is 11.8. The molecule has 1 heterocycles. The molecule has 114 valence electrons. The molecule has 0 aromatic heterocycles. The summed E-state index contributed by atoms with van der Waals surface area (Å²) in [7, 11) is 0. The van der Waals surface area contributed by atoms with Gasteiger partial charge in [-0.2, -0.15) is 0 Å². The lowest BCUT2D eigenvalue weighted by atomic mass is 9.75. The van der Waals surface area contributed by atoms with Crippen molar-refractivity contribution >= 4 is 11.9 Å². The van der Waals surface area contributed by atoms with E-state index in [1.807, 2.05) is 6.92 Å². The normalized spacial score (nSPS) is 26.6. The van der Waals surface area contributed by atoms with Crippen molar-refractivity contribution < 1.29 is 9.59 Å². The number of urea groups is 1. The van der Waals surface area contributed by atoms with Crippen LogP contribution in [0.3, 0.4) is 0 Å². The fourth-order valence-electron chi connectivity index (χ4n) is 3.47. The van der Waals surface area contributed by atoms with Crippen LogP contribution in [0.1, 0.15) is 45.4 Å². The van der Waals surface area contributed by atoms with Crippen molar-refractivity contribution in [3.05, 3.63) is 0 Å². The van der Waals surface area contributed by atoms with Crippen molar-refractivity contribution in [1.82, 2.24) is 15.5 Å². The van der Waals surface area contributed by atoms with Gasteiger partial charge in [0.05, 0.1) is 6.54 Å². The summed E-state index contributed by atoms with van der Waals surface area (Å²) < 4.78 is 0. The van der Waals surface area contributed by atoms with Crippen LogP contribution in [0.5, 0.6) is 0 Å². The van der Waals surface area contributed by atoms with E-state index < -0.39 is 0 Å². The van der Waals surface area contributed by atoms with Crippen LogP contribution in [0.4, 0.5) is 4.79 Å². The largest absolute Gasteiger partial charge is 0.338 e. The first-order valence-electron chi connectivity index (χ1n) is 7.99. The Labute approximate surface area is 121 Å². The fourth-order valence-corrected chi connectivity index (χ4v) is 3.47. The minimum absolute atomic E-state index is 0.187. The number of piperidine rings is 1. The summed E-state index contributed by atoms with van der Waals surface area (Å²) in [5.41, 5.74) is 0. The Morgan fingerprint density at radius 1 is 1.15 bits per heavy atom. The van der Waals surface area contributed by atoms with E-state index in [1.165, 1.54) is 32.1 Å². The smallest absolute Gasteiger partial charge is 0.321 e. The molecule has 2 rings (SSSR count). The second kappa shape index (κ2) is 7.62. The summed E-state index contributed by atoms with van der Waals surface area (Å²) >= 11 is 0. The number of carbonyl (C=O) groups excluding carboxylic acids is 2. The third kappa shape index (κ3) is 4.47. The molecule has 0 spiro atoms. The Bertz CT molecular complexity index is 346. The van der Waals surface area contributed by atoms with E-state index in [1.54, 1.807) is 0 Å². The van der Waals surface area contributed by atoms with Gasteiger partial charge in [0.1, 0.15) is 0 Å². The van der Waals surface area contributed by atoms with Gasteiger partial charge in [0.25, 0.3) is 0 Å². The van der Waals surface area contributed by atoms with Crippen LogP contribution in [-0.4, -0.2) is 43.0 Å². The first kappa shape index (κ1) is 15.3. The van der Waals surface area contributed by atoms with Crippen molar-refractivity contribution in [2.75, 3.05) is 26.2 Å². The quantitative estimate of drug-likeness (QED) is 0.825. The number of carbonyl (C=O) groups is 2. The van der Waals surface area contributed by atoms with Gasteiger partial charge in [-0.1, -0.05) is 26.2 Å². The molecule has 0 unspecified atom stereocenters. The lowest BCUT2D eigenvalue weighted by Gasteiger charge is -2.41. The zero-order chi connectivity index (χ0) is 14.4. The highest BCUT2D eigenvalue weighted by atomic mass is 16.2. The van der Waals surface area contributed by atoms with Gasteiger partial charge in [-0.05, 0) is 37.6 Å². The Hall–Kier alpha value is -1.10. The second-order valence-electron chi connectivity index (χ2n) is 6.13. The summed E-state index contributed by atoms with van der Waals surface area (Å²) in [5.74, 6) is 1.45. The second-order valence-corrected chi connectivity index (χ2v) is 6.13. The molecule has 1 saturated carbocycles. The van der Waals surface area contributed by atoms with Crippen LogP contribution in [0.15, 0.2) is 0 Å². The van der Waals surface area contributed by atoms with Gasteiger partial charge in [0.2, 0.25) is 5.91 Å². The van der Waals surface area contributed by atoms with Crippen molar-refractivity contribution in [1.29, 1.82) is 0 Å². The van der Waals surface area contributed by atoms with E-state index >= 15 is 0 Å². The van der Waals surface area contributed by atoms with E-state index in [2.05, 4.69) is 15.5 Å². The van der Waals surface area contributed by atoms with Crippen LogP contribution < -0.4 is 10.6 Å². The first-order chi connectivity index (χ1) is 9.69. The van der Waals surface area contributed by atoms with E-state index in [4.69, 9.17) is 0 Å². The van der Waals surface area contributed by atoms with Gasteiger partial charge in [-0.15, -0.1) is 0 Å². The van der Waals surface area contributed by atoms with Crippen molar-refractivity contribution in [2.24, 2.45) is 11.8 Å². The molecule has 1 aliphatic heterocycles. The monoisotopic (exact) mass is 281 g/mol. The van der Waals surface area contributed by atoms with E-state index in [0.717, 1.165) is 31.3 Å². The number of likely N-dealkylation sites (tertiary alicyclic amines) is 1. The minimum atomic E-state index is -0.371. The molecule has 2 N–H and O–H groups in total. The predicted octanol–water partition coefficient (Wildman–Crippen LogP) is 1.73. The van der Waals surface area contributed by atoms with Crippen molar-refractivity contribution in [2.45, 2.75) is 45.4 Å². The van der Waals surface area contributed by atoms with Gasteiger partial charge in [0.15, 0.2) is 0 Å². The van der Waals surface area contributed by atoms with Crippen LogP contribution >= 0.6 is 0 Å². The van der Waals surface area contributed by atoms with Crippen LogP contribution in [-0.2, 0) is 4.79 Å². The molecular weight excluding hydrogens is 254 g/mol. The van der Waals surface area contributed by atoms with Crippen LogP contribution in [0.25, 0.3) is 0 Å². The molecule has 0 aromatic rings. The average Bonchev–Trinajstić information content (AvgIpc) is 2.44. The summed E-state index contributed by atoms with van der Waals surface area (Å²) in [6, 6.07) is -0.371. The number of hydrogen-bond donors (Lipinski definition) is 2. The van der Waals surface area contributed by atoms with Crippen molar-refractivity contribution in [3.63, 3.8) is 0 Å².